The van der Waals surface area contributed by atoms with E-state index in [-0.39, 0.29) is 36.0 Å². The van der Waals surface area contributed by atoms with Gasteiger partial charge >= 0.3 is 0 Å². The summed E-state index contributed by atoms with van der Waals surface area (Å²) in [5, 5.41) is 6.80. The fourth-order valence-corrected chi connectivity index (χ4v) is 5.89. The molecule has 0 bridgehead atoms. The summed E-state index contributed by atoms with van der Waals surface area (Å²) in [4.78, 5) is 34.6. The highest BCUT2D eigenvalue weighted by Crippen LogP contribution is 2.30. The van der Waals surface area contributed by atoms with Crippen LogP contribution in [0.25, 0.3) is 11.1 Å². The number of carbonyl (C=O) groups excluding carboxylic acids is 2. The number of oxazole rings is 1. The second-order valence-corrected chi connectivity index (χ2v) is 10.0. The molecule has 9 nitrogen and oxygen atoms in total. The summed E-state index contributed by atoms with van der Waals surface area (Å²) in [5.74, 6) is 1.32. The van der Waals surface area contributed by atoms with Crippen molar-refractivity contribution in [2.45, 2.75) is 56.8 Å². The lowest BCUT2D eigenvalue weighted by Gasteiger charge is -2.46. The number of hydrogen-bond acceptors (Lipinski definition) is 7. The lowest BCUT2D eigenvalue weighted by molar-refractivity contribution is -0.134. The highest BCUT2D eigenvalue weighted by molar-refractivity contribution is 5.97. The smallest absolute Gasteiger partial charge is 0.254 e. The van der Waals surface area contributed by atoms with Crippen LogP contribution in [-0.4, -0.2) is 78.3 Å². The van der Waals surface area contributed by atoms with Crippen LogP contribution < -0.4 is 10.6 Å². The van der Waals surface area contributed by atoms with E-state index in [1.807, 2.05) is 23.1 Å². The van der Waals surface area contributed by atoms with Gasteiger partial charge in [-0.2, -0.15) is 0 Å². The highest BCUT2D eigenvalue weighted by atomic mass is 16.5. The summed E-state index contributed by atoms with van der Waals surface area (Å²) >= 11 is 0. The maximum absolute atomic E-state index is 13.2. The van der Waals surface area contributed by atoms with Crippen LogP contribution in [0.5, 0.6) is 0 Å². The number of fused-ring (bicyclic) bond motifs is 2. The predicted molar refractivity (Wildman–Crippen MR) is 125 cm³/mol. The summed E-state index contributed by atoms with van der Waals surface area (Å²) in [7, 11) is 0. The normalized spacial score (nSPS) is 29.1. The number of nitrogens with one attached hydrogen (secondary N) is 2. The van der Waals surface area contributed by atoms with Gasteiger partial charge in [-0.3, -0.25) is 19.8 Å². The molecule has 1 aromatic carbocycles. The minimum atomic E-state index is -0.141. The van der Waals surface area contributed by atoms with Crippen LogP contribution in [0.3, 0.4) is 0 Å². The van der Waals surface area contributed by atoms with Gasteiger partial charge in [0.1, 0.15) is 11.8 Å². The molecule has 1 aliphatic carbocycles. The van der Waals surface area contributed by atoms with E-state index >= 15 is 0 Å². The van der Waals surface area contributed by atoms with E-state index in [2.05, 4.69) is 20.5 Å². The second kappa shape index (κ2) is 9.28. The summed E-state index contributed by atoms with van der Waals surface area (Å²) in [5.41, 5.74) is 2.09. The quantitative estimate of drug-likeness (QED) is 0.713. The van der Waals surface area contributed by atoms with Gasteiger partial charge in [0.25, 0.3) is 5.91 Å². The molecule has 3 saturated heterocycles. The summed E-state index contributed by atoms with van der Waals surface area (Å²) in [6.07, 6.45) is 6.05. The first-order valence-electron chi connectivity index (χ1n) is 12.7. The van der Waals surface area contributed by atoms with E-state index in [1.165, 1.54) is 6.42 Å². The molecule has 1 saturated carbocycles. The Morgan fingerprint density at radius 3 is 2.65 bits per heavy atom. The Labute approximate surface area is 199 Å². The zero-order valence-electron chi connectivity index (χ0n) is 19.5. The third-order valence-corrected chi connectivity index (χ3v) is 7.94. The van der Waals surface area contributed by atoms with Crippen molar-refractivity contribution in [1.82, 2.24) is 25.4 Å². The Morgan fingerprint density at radius 2 is 1.82 bits per heavy atom. The lowest BCUT2D eigenvalue weighted by atomic mass is 9.82. The number of piperazine rings is 1. The summed E-state index contributed by atoms with van der Waals surface area (Å²) < 4.78 is 11.5. The van der Waals surface area contributed by atoms with Gasteiger partial charge in [0, 0.05) is 56.9 Å². The van der Waals surface area contributed by atoms with Crippen molar-refractivity contribution in [1.29, 1.82) is 0 Å². The average molecular weight is 468 g/mol. The molecule has 2 aromatic rings. The van der Waals surface area contributed by atoms with Crippen molar-refractivity contribution in [2.24, 2.45) is 5.92 Å². The van der Waals surface area contributed by atoms with Gasteiger partial charge < -0.3 is 19.4 Å². The fraction of sp³-hybridized carbons (Fsp3) is 0.640. The average Bonchev–Trinajstić information content (AvgIpc) is 3.32. The van der Waals surface area contributed by atoms with Crippen molar-refractivity contribution in [3.8, 4) is 0 Å². The van der Waals surface area contributed by atoms with Crippen molar-refractivity contribution < 1.29 is 18.7 Å². The SMILES string of the molecule is O=C1NC(N2CCN(C(=O)c3ccc4nc(C5CCOCC5)oc4c3)CC2)NC2CCCCC12. The number of nitrogens with zero attached hydrogens (tertiary/aromatic N) is 3. The van der Waals surface area contributed by atoms with Gasteiger partial charge in [-0.1, -0.05) is 12.8 Å². The van der Waals surface area contributed by atoms with Crippen LogP contribution in [0.4, 0.5) is 0 Å². The molecule has 3 atom stereocenters. The van der Waals surface area contributed by atoms with Crippen LogP contribution in [0.2, 0.25) is 0 Å². The first-order chi connectivity index (χ1) is 16.7. The molecule has 2 N–H and O–H groups in total. The highest BCUT2D eigenvalue weighted by Gasteiger charge is 2.40. The zero-order valence-corrected chi connectivity index (χ0v) is 19.5. The van der Waals surface area contributed by atoms with Gasteiger partial charge in [0.05, 0.1) is 5.92 Å². The van der Waals surface area contributed by atoms with E-state index in [0.717, 1.165) is 69.8 Å². The van der Waals surface area contributed by atoms with Crippen LogP contribution >= 0.6 is 0 Å². The summed E-state index contributed by atoms with van der Waals surface area (Å²) in [6, 6.07) is 5.82. The Kier molecular flexibility index (Phi) is 6.01. The number of carbonyl (C=O) groups is 2. The predicted octanol–water partition coefficient (Wildman–Crippen LogP) is 2.04. The molecule has 4 fully saturated rings. The van der Waals surface area contributed by atoms with E-state index in [1.54, 1.807) is 0 Å². The number of rotatable bonds is 3. The maximum atomic E-state index is 13.2. The molecule has 4 heterocycles. The van der Waals surface area contributed by atoms with Gasteiger partial charge in [0.2, 0.25) is 5.91 Å². The molecule has 0 spiro atoms. The molecule has 6 rings (SSSR count). The molecule has 3 unspecified atom stereocenters. The second-order valence-electron chi connectivity index (χ2n) is 10.0. The molecule has 0 radical (unpaired) electrons. The van der Waals surface area contributed by atoms with E-state index < -0.39 is 0 Å². The minimum absolute atomic E-state index is 0.0125. The monoisotopic (exact) mass is 467 g/mol. The number of aromatic nitrogens is 1. The molecule has 34 heavy (non-hydrogen) atoms. The molecular formula is C25H33N5O4. The lowest BCUT2D eigenvalue weighted by Crippen LogP contribution is -2.69. The fourth-order valence-electron chi connectivity index (χ4n) is 5.89. The number of amides is 2. The molecule has 182 valence electrons. The molecule has 4 aliphatic rings. The van der Waals surface area contributed by atoms with Gasteiger partial charge in [-0.15, -0.1) is 0 Å². The molecule has 2 amide bonds. The number of hydrogen-bond donors (Lipinski definition) is 2. The standard InChI is InChI=1S/C25H33N5O4/c31-22-18-3-1-2-4-19(18)27-25(28-22)30-11-9-29(10-12-30)24(32)17-5-6-20-21(15-17)34-23(26-20)16-7-13-33-14-8-16/h5-6,15-16,18-19,25,27H,1-4,7-14H2,(H,28,31). The third-order valence-electron chi connectivity index (χ3n) is 7.94. The van der Waals surface area contributed by atoms with Crippen LogP contribution in [0, 0.1) is 5.92 Å². The van der Waals surface area contributed by atoms with E-state index in [4.69, 9.17) is 9.15 Å². The van der Waals surface area contributed by atoms with E-state index in [9.17, 15) is 9.59 Å². The zero-order chi connectivity index (χ0) is 23.1. The molecule has 9 heteroatoms. The number of ether oxygens (including phenoxy) is 1. The van der Waals surface area contributed by atoms with E-state index in [0.29, 0.717) is 24.2 Å². The van der Waals surface area contributed by atoms with Gasteiger partial charge in [-0.25, -0.2) is 4.98 Å². The van der Waals surface area contributed by atoms with Crippen LogP contribution in [-0.2, 0) is 9.53 Å². The third kappa shape index (κ3) is 4.21. The first kappa shape index (κ1) is 22.0. The van der Waals surface area contributed by atoms with Crippen molar-refractivity contribution in [3.63, 3.8) is 0 Å². The minimum Gasteiger partial charge on any atom is -0.440 e. The Morgan fingerprint density at radius 1 is 1.03 bits per heavy atom. The molecular weight excluding hydrogens is 434 g/mol. The van der Waals surface area contributed by atoms with Gasteiger partial charge in [-0.05, 0) is 43.9 Å². The maximum Gasteiger partial charge on any atom is 0.254 e. The Balaban J connectivity index is 1.08. The largest absolute Gasteiger partial charge is 0.440 e. The molecule has 1 aromatic heterocycles. The molecule has 3 aliphatic heterocycles. The van der Waals surface area contributed by atoms with Crippen molar-refractivity contribution in [2.75, 3.05) is 39.4 Å². The topological polar surface area (TPSA) is 99.9 Å². The Hall–Kier alpha value is -2.49. The Bertz CT molecular complexity index is 1060. The summed E-state index contributed by atoms with van der Waals surface area (Å²) in [6.45, 7) is 4.17. The van der Waals surface area contributed by atoms with Crippen LogP contribution in [0.15, 0.2) is 22.6 Å². The van der Waals surface area contributed by atoms with Crippen molar-refractivity contribution >= 4 is 22.9 Å². The van der Waals surface area contributed by atoms with Gasteiger partial charge in [0.15, 0.2) is 11.5 Å². The van der Waals surface area contributed by atoms with Crippen LogP contribution in [0.1, 0.15) is 60.7 Å². The first-order valence-corrected chi connectivity index (χ1v) is 12.7. The number of benzene rings is 1. The van der Waals surface area contributed by atoms with Crippen molar-refractivity contribution in [3.05, 3.63) is 29.7 Å².